The van der Waals surface area contributed by atoms with Gasteiger partial charge in [-0.1, -0.05) is 12.1 Å². The van der Waals surface area contributed by atoms with Crippen LogP contribution in [0.1, 0.15) is 11.1 Å². The maximum Gasteiger partial charge on any atom is 0.175 e. The van der Waals surface area contributed by atoms with Crippen molar-refractivity contribution >= 4 is 27.5 Å². The Morgan fingerprint density at radius 1 is 1.24 bits per heavy atom. The second kappa shape index (κ2) is 7.09. The van der Waals surface area contributed by atoms with E-state index in [0.29, 0.717) is 21.9 Å². The van der Waals surface area contributed by atoms with Crippen molar-refractivity contribution in [2.75, 3.05) is 7.11 Å². The van der Waals surface area contributed by atoms with Gasteiger partial charge in [-0.05, 0) is 39.7 Å². The molecule has 0 aliphatic rings. The van der Waals surface area contributed by atoms with Crippen LogP contribution in [-0.4, -0.2) is 7.11 Å². The molecule has 2 aromatic carbocycles. The average Bonchev–Trinajstić information content (AvgIpc) is 2.49. The van der Waals surface area contributed by atoms with E-state index in [1.54, 1.807) is 12.1 Å². The first-order chi connectivity index (χ1) is 10.1. The molecule has 21 heavy (non-hydrogen) atoms. The number of halogens is 4. The van der Waals surface area contributed by atoms with Gasteiger partial charge in [-0.3, -0.25) is 0 Å². The maximum atomic E-state index is 13.6. The van der Waals surface area contributed by atoms with Crippen LogP contribution < -0.4 is 9.47 Å². The lowest BCUT2D eigenvalue weighted by Crippen LogP contribution is -2.02. The number of benzene rings is 2. The zero-order chi connectivity index (χ0) is 15.4. The van der Waals surface area contributed by atoms with E-state index in [1.165, 1.54) is 19.2 Å². The number of alkyl halides is 1. The first-order valence-electron chi connectivity index (χ1n) is 6.05. The molecule has 0 radical (unpaired) electrons. The standard InChI is InChI=1S/C15H12BrClF2O2/c1-20-13-6-9(7-17)5-11(16)15(13)21-8-10-3-2-4-12(18)14(10)19/h2-6H,7-8H2,1H3. The molecule has 0 fully saturated rings. The lowest BCUT2D eigenvalue weighted by atomic mass is 10.2. The fraction of sp³-hybridized carbons (Fsp3) is 0.200. The van der Waals surface area contributed by atoms with Crippen molar-refractivity contribution in [1.82, 2.24) is 0 Å². The average molecular weight is 378 g/mol. The first kappa shape index (κ1) is 16.0. The summed E-state index contributed by atoms with van der Waals surface area (Å²) in [4.78, 5) is 0. The molecule has 0 N–H and O–H groups in total. The van der Waals surface area contributed by atoms with E-state index in [2.05, 4.69) is 15.9 Å². The molecule has 0 atom stereocenters. The lowest BCUT2D eigenvalue weighted by Gasteiger charge is -2.14. The van der Waals surface area contributed by atoms with Crippen LogP contribution in [0.3, 0.4) is 0 Å². The molecule has 0 bridgehead atoms. The number of rotatable bonds is 5. The van der Waals surface area contributed by atoms with Gasteiger partial charge in [-0.15, -0.1) is 11.6 Å². The van der Waals surface area contributed by atoms with Crippen LogP contribution in [0.2, 0.25) is 0 Å². The van der Waals surface area contributed by atoms with Gasteiger partial charge < -0.3 is 9.47 Å². The van der Waals surface area contributed by atoms with Crippen molar-refractivity contribution in [3.8, 4) is 11.5 Å². The molecule has 0 aromatic heterocycles. The van der Waals surface area contributed by atoms with Crippen LogP contribution in [0.4, 0.5) is 8.78 Å². The summed E-state index contributed by atoms with van der Waals surface area (Å²) < 4.78 is 38.2. The van der Waals surface area contributed by atoms with E-state index in [4.69, 9.17) is 21.1 Å². The van der Waals surface area contributed by atoms with E-state index < -0.39 is 11.6 Å². The zero-order valence-corrected chi connectivity index (χ0v) is 13.5. The van der Waals surface area contributed by atoms with E-state index in [-0.39, 0.29) is 12.2 Å². The number of hydrogen-bond acceptors (Lipinski definition) is 2. The molecule has 0 aliphatic heterocycles. The van der Waals surface area contributed by atoms with Gasteiger partial charge in [-0.25, -0.2) is 8.78 Å². The van der Waals surface area contributed by atoms with Gasteiger partial charge in [0.2, 0.25) is 0 Å². The summed E-state index contributed by atoms with van der Waals surface area (Å²) in [5.41, 5.74) is 0.982. The molecule has 2 rings (SSSR count). The Bertz CT molecular complexity index is 650. The van der Waals surface area contributed by atoms with Gasteiger partial charge in [-0.2, -0.15) is 0 Å². The van der Waals surface area contributed by atoms with E-state index in [1.807, 2.05) is 0 Å². The molecule has 0 heterocycles. The van der Waals surface area contributed by atoms with Crippen LogP contribution in [0, 0.1) is 11.6 Å². The molecule has 0 aliphatic carbocycles. The third-order valence-electron chi connectivity index (χ3n) is 2.85. The van der Waals surface area contributed by atoms with Crippen LogP contribution >= 0.6 is 27.5 Å². The predicted molar refractivity (Wildman–Crippen MR) is 80.9 cm³/mol. The topological polar surface area (TPSA) is 18.5 Å². The van der Waals surface area contributed by atoms with Gasteiger partial charge >= 0.3 is 0 Å². The Morgan fingerprint density at radius 2 is 2.00 bits per heavy atom. The summed E-state index contributed by atoms with van der Waals surface area (Å²) in [6, 6.07) is 7.47. The monoisotopic (exact) mass is 376 g/mol. The van der Waals surface area contributed by atoms with Crippen LogP contribution in [0.25, 0.3) is 0 Å². The van der Waals surface area contributed by atoms with Crippen molar-refractivity contribution in [3.05, 3.63) is 57.6 Å². The predicted octanol–water partition coefficient (Wildman–Crippen LogP) is 5.05. The van der Waals surface area contributed by atoms with Crippen molar-refractivity contribution in [1.29, 1.82) is 0 Å². The van der Waals surface area contributed by atoms with E-state index in [0.717, 1.165) is 11.6 Å². The largest absolute Gasteiger partial charge is 0.493 e. The number of hydrogen-bond donors (Lipinski definition) is 0. The molecule has 0 unspecified atom stereocenters. The lowest BCUT2D eigenvalue weighted by molar-refractivity contribution is 0.276. The van der Waals surface area contributed by atoms with Crippen molar-refractivity contribution < 1.29 is 18.3 Å². The Labute approximate surface area is 134 Å². The summed E-state index contributed by atoms with van der Waals surface area (Å²) in [7, 11) is 1.50. The Hall–Kier alpha value is -1.33. The molecule has 112 valence electrons. The molecule has 0 spiro atoms. The first-order valence-corrected chi connectivity index (χ1v) is 7.37. The van der Waals surface area contributed by atoms with Crippen molar-refractivity contribution in [2.24, 2.45) is 0 Å². The van der Waals surface area contributed by atoms with Gasteiger partial charge in [0, 0.05) is 11.4 Å². The van der Waals surface area contributed by atoms with Gasteiger partial charge in [0.05, 0.1) is 11.6 Å². The third kappa shape index (κ3) is 3.66. The molecule has 2 aromatic rings. The molecule has 2 nitrogen and oxygen atoms in total. The highest BCUT2D eigenvalue weighted by molar-refractivity contribution is 9.10. The molecule has 6 heteroatoms. The van der Waals surface area contributed by atoms with Crippen molar-refractivity contribution in [2.45, 2.75) is 12.5 Å². The molecule has 0 amide bonds. The quantitative estimate of drug-likeness (QED) is 0.679. The highest BCUT2D eigenvalue weighted by atomic mass is 79.9. The van der Waals surface area contributed by atoms with Gasteiger partial charge in [0.15, 0.2) is 23.1 Å². The fourth-order valence-electron chi connectivity index (χ4n) is 1.80. The Kier molecular flexibility index (Phi) is 5.42. The van der Waals surface area contributed by atoms with Crippen LogP contribution in [0.5, 0.6) is 11.5 Å². The molecular formula is C15H12BrClF2O2. The minimum Gasteiger partial charge on any atom is -0.493 e. The van der Waals surface area contributed by atoms with E-state index in [9.17, 15) is 8.78 Å². The second-order valence-corrected chi connectivity index (χ2v) is 5.37. The van der Waals surface area contributed by atoms with E-state index >= 15 is 0 Å². The Morgan fingerprint density at radius 3 is 2.67 bits per heavy atom. The zero-order valence-electron chi connectivity index (χ0n) is 11.1. The summed E-state index contributed by atoms with van der Waals surface area (Å²) in [5, 5.41) is 0. The minimum absolute atomic E-state index is 0.112. The van der Waals surface area contributed by atoms with Gasteiger partial charge in [0.25, 0.3) is 0 Å². The number of methoxy groups -OCH3 is 1. The molecule has 0 saturated heterocycles. The summed E-state index contributed by atoms with van der Waals surface area (Å²) in [6.07, 6.45) is 0. The van der Waals surface area contributed by atoms with Crippen LogP contribution in [-0.2, 0) is 12.5 Å². The summed E-state index contributed by atoms with van der Waals surface area (Å²) >= 11 is 9.14. The molecular weight excluding hydrogens is 366 g/mol. The van der Waals surface area contributed by atoms with Crippen molar-refractivity contribution in [3.63, 3.8) is 0 Å². The highest BCUT2D eigenvalue weighted by Crippen LogP contribution is 2.37. The maximum absolute atomic E-state index is 13.6. The highest BCUT2D eigenvalue weighted by Gasteiger charge is 2.14. The summed E-state index contributed by atoms with van der Waals surface area (Å²) in [5.74, 6) is -0.607. The fourth-order valence-corrected chi connectivity index (χ4v) is 2.56. The smallest absolute Gasteiger partial charge is 0.175 e. The SMILES string of the molecule is COc1cc(CCl)cc(Br)c1OCc1cccc(F)c1F. The summed E-state index contributed by atoms with van der Waals surface area (Å²) in [6.45, 7) is -0.112. The number of ether oxygens (including phenoxy) is 2. The normalized spacial score (nSPS) is 10.5. The Balaban J connectivity index is 2.25. The third-order valence-corrected chi connectivity index (χ3v) is 3.74. The second-order valence-electron chi connectivity index (χ2n) is 4.24. The molecule has 0 saturated carbocycles. The van der Waals surface area contributed by atoms with Crippen LogP contribution in [0.15, 0.2) is 34.8 Å². The minimum atomic E-state index is -0.912. The van der Waals surface area contributed by atoms with Gasteiger partial charge in [0.1, 0.15) is 6.61 Å².